The number of ether oxygens (including phenoxy) is 1. The minimum Gasteiger partial charge on any atom is -0.459 e. The molecule has 0 saturated heterocycles. The van der Waals surface area contributed by atoms with Gasteiger partial charge in [0.2, 0.25) is 0 Å². The van der Waals surface area contributed by atoms with Crippen LogP contribution < -0.4 is 0 Å². The fourth-order valence-electron chi connectivity index (χ4n) is 2.11. The molecule has 130 valence electrons. The maximum absolute atomic E-state index is 13.1. The van der Waals surface area contributed by atoms with Gasteiger partial charge in [0.15, 0.2) is 5.66 Å². The zero-order chi connectivity index (χ0) is 17.5. The van der Waals surface area contributed by atoms with E-state index in [0.717, 1.165) is 5.56 Å². The Morgan fingerprint density at radius 1 is 1.09 bits per heavy atom. The van der Waals surface area contributed by atoms with Gasteiger partial charge < -0.3 is 13.8 Å². The van der Waals surface area contributed by atoms with Gasteiger partial charge in [0, 0.05) is 0 Å². The second-order valence-electron chi connectivity index (χ2n) is 6.11. The molecular formula is C17H27O5P. The van der Waals surface area contributed by atoms with Gasteiger partial charge in [0.25, 0.3) is 0 Å². The molecule has 0 radical (unpaired) electrons. The van der Waals surface area contributed by atoms with E-state index < -0.39 is 24.8 Å². The second-order valence-corrected chi connectivity index (χ2v) is 8.33. The zero-order valence-corrected chi connectivity index (χ0v) is 15.5. The normalized spacial score (nSPS) is 13.6. The molecule has 0 heterocycles. The molecule has 23 heavy (non-hydrogen) atoms. The summed E-state index contributed by atoms with van der Waals surface area (Å²) in [5, 5.41) is 0. The predicted octanol–water partition coefficient (Wildman–Crippen LogP) is 4.21. The van der Waals surface area contributed by atoms with Crippen molar-refractivity contribution in [1.29, 1.82) is 0 Å². The third-order valence-corrected chi connectivity index (χ3v) is 5.34. The van der Waals surface area contributed by atoms with Crippen LogP contribution in [0.3, 0.4) is 0 Å². The molecule has 1 unspecified atom stereocenters. The number of hydrogen-bond acceptors (Lipinski definition) is 5. The quantitative estimate of drug-likeness (QED) is 0.523. The number of esters is 1. The number of carbonyl (C=O) groups excluding carboxylic acids is 1. The highest BCUT2D eigenvalue weighted by Gasteiger charge is 2.43. The van der Waals surface area contributed by atoms with E-state index in [1.165, 1.54) is 0 Å². The Kier molecular flexibility index (Phi) is 7.46. The highest BCUT2D eigenvalue weighted by molar-refractivity contribution is 7.55. The number of hydrogen-bond donors (Lipinski definition) is 0. The van der Waals surface area contributed by atoms with E-state index in [9.17, 15) is 9.36 Å². The van der Waals surface area contributed by atoms with Crippen LogP contribution in [0.15, 0.2) is 30.3 Å². The Morgan fingerprint density at radius 3 is 2.04 bits per heavy atom. The van der Waals surface area contributed by atoms with Crippen LogP contribution in [0.2, 0.25) is 0 Å². The van der Waals surface area contributed by atoms with Crippen LogP contribution in [0.1, 0.15) is 40.2 Å². The summed E-state index contributed by atoms with van der Waals surface area (Å²) in [6.07, 6.45) is 0.243. The highest BCUT2D eigenvalue weighted by Crippen LogP contribution is 2.54. The van der Waals surface area contributed by atoms with Crippen LogP contribution in [0, 0.1) is 0 Å². The summed E-state index contributed by atoms with van der Waals surface area (Å²) in [5.74, 6) is -0.563. The summed E-state index contributed by atoms with van der Waals surface area (Å²) < 4.78 is 29.3. The lowest BCUT2D eigenvalue weighted by Crippen LogP contribution is -2.34. The molecule has 1 rings (SSSR count). The van der Waals surface area contributed by atoms with Gasteiger partial charge in [-0.05, 0) is 46.6 Å². The minimum absolute atomic E-state index is 0.200. The first kappa shape index (κ1) is 19.9. The molecule has 0 aliphatic heterocycles. The van der Waals surface area contributed by atoms with Crippen molar-refractivity contribution in [2.75, 3.05) is 13.2 Å². The third kappa shape index (κ3) is 6.46. The average molecular weight is 342 g/mol. The van der Waals surface area contributed by atoms with Crippen molar-refractivity contribution in [2.45, 2.75) is 52.3 Å². The van der Waals surface area contributed by atoms with E-state index in [-0.39, 0.29) is 19.6 Å². The Morgan fingerprint density at radius 2 is 1.61 bits per heavy atom. The maximum atomic E-state index is 13.1. The van der Waals surface area contributed by atoms with E-state index in [1.807, 2.05) is 30.3 Å². The molecule has 0 saturated carbocycles. The van der Waals surface area contributed by atoms with Gasteiger partial charge in [-0.1, -0.05) is 30.3 Å². The van der Waals surface area contributed by atoms with Crippen molar-refractivity contribution in [2.24, 2.45) is 0 Å². The van der Waals surface area contributed by atoms with Gasteiger partial charge in [-0.25, -0.2) is 0 Å². The monoisotopic (exact) mass is 342 g/mol. The minimum atomic E-state index is -3.61. The average Bonchev–Trinajstić information content (AvgIpc) is 2.44. The summed E-state index contributed by atoms with van der Waals surface area (Å²) in [7, 11) is -3.61. The fraction of sp³-hybridized carbons (Fsp3) is 0.588. The van der Waals surface area contributed by atoms with Gasteiger partial charge in [-0.15, -0.1) is 0 Å². The number of carbonyl (C=O) groups is 1. The molecule has 1 atom stereocenters. The lowest BCUT2D eigenvalue weighted by molar-refractivity contribution is -0.154. The summed E-state index contributed by atoms with van der Waals surface area (Å²) in [4.78, 5) is 12.6. The lowest BCUT2D eigenvalue weighted by atomic mass is 10.1. The fourth-order valence-corrected chi connectivity index (χ4v) is 4.01. The number of benzene rings is 1. The van der Waals surface area contributed by atoms with Crippen LogP contribution in [0.4, 0.5) is 0 Å². The molecule has 0 fully saturated rings. The van der Waals surface area contributed by atoms with Crippen molar-refractivity contribution in [3.8, 4) is 0 Å². The molecule has 0 aliphatic carbocycles. The van der Waals surface area contributed by atoms with Gasteiger partial charge in [-0.3, -0.25) is 9.36 Å². The van der Waals surface area contributed by atoms with Crippen molar-refractivity contribution in [3.05, 3.63) is 35.9 Å². The van der Waals surface area contributed by atoms with Gasteiger partial charge >= 0.3 is 13.6 Å². The molecule has 0 spiro atoms. The molecule has 0 aliphatic rings. The Balaban J connectivity index is 3.13. The second kappa shape index (κ2) is 8.62. The molecule has 0 amide bonds. The molecule has 6 heteroatoms. The Labute approximate surface area is 138 Å². The van der Waals surface area contributed by atoms with Gasteiger partial charge in [0.05, 0.1) is 13.2 Å². The van der Waals surface area contributed by atoms with Crippen LogP contribution in [-0.2, 0) is 29.6 Å². The Bertz CT molecular complexity index is 526. The van der Waals surface area contributed by atoms with Gasteiger partial charge in [-0.2, -0.15) is 0 Å². The summed E-state index contributed by atoms with van der Waals surface area (Å²) in [6.45, 7) is 9.17. The molecular weight excluding hydrogens is 315 g/mol. The lowest BCUT2D eigenvalue weighted by Gasteiger charge is -2.28. The van der Waals surface area contributed by atoms with Crippen LogP contribution in [0.25, 0.3) is 0 Å². The van der Waals surface area contributed by atoms with Crippen molar-refractivity contribution < 1.29 is 23.1 Å². The van der Waals surface area contributed by atoms with Crippen molar-refractivity contribution in [3.63, 3.8) is 0 Å². The first-order valence-electron chi connectivity index (χ1n) is 7.87. The topological polar surface area (TPSA) is 61.8 Å². The third-order valence-electron chi connectivity index (χ3n) is 2.95. The highest BCUT2D eigenvalue weighted by atomic mass is 31.2. The Hall–Kier alpha value is -1.16. The van der Waals surface area contributed by atoms with E-state index in [1.54, 1.807) is 34.6 Å². The van der Waals surface area contributed by atoms with E-state index in [0.29, 0.717) is 0 Å². The number of rotatable bonds is 8. The zero-order valence-electron chi connectivity index (χ0n) is 14.6. The maximum Gasteiger partial charge on any atom is 0.345 e. The summed E-state index contributed by atoms with van der Waals surface area (Å²) >= 11 is 0. The first-order valence-corrected chi connectivity index (χ1v) is 9.48. The predicted molar refractivity (Wildman–Crippen MR) is 90.6 cm³/mol. The van der Waals surface area contributed by atoms with Crippen LogP contribution in [0.5, 0.6) is 0 Å². The molecule has 0 N–H and O–H groups in total. The molecule has 1 aromatic rings. The van der Waals surface area contributed by atoms with Crippen LogP contribution in [-0.4, -0.2) is 30.4 Å². The van der Waals surface area contributed by atoms with E-state index in [2.05, 4.69) is 0 Å². The van der Waals surface area contributed by atoms with Crippen molar-refractivity contribution >= 4 is 13.6 Å². The standard InChI is InChI=1S/C17H27O5P/c1-6-20-23(19,21-7-2)15(16(18)22-17(3,4)5)13-14-11-9-8-10-12-14/h8-12,15H,6-7,13H2,1-5H3. The van der Waals surface area contributed by atoms with Crippen LogP contribution >= 0.6 is 7.60 Å². The summed E-state index contributed by atoms with van der Waals surface area (Å²) in [5.41, 5.74) is -0.776. The summed E-state index contributed by atoms with van der Waals surface area (Å²) in [6, 6.07) is 9.37. The largest absolute Gasteiger partial charge is 0.459 e. The van der Waals surface area contributed by atoms with E-state index in [4.69, 9.17) is 13.8 Å². The molecule has 5 nitrogen and oxygen atoms in total. The van der Waals surface area contributed by atoms with Gasteiger partial charge in [0.1, 0.15) is 5.60 Å². The first-order chi connectivity index (χ1) is 10.7. The molecule has 0 aromatic heterocycles. The smallest absolute Gasteiger partial charge is 0.345 e. The molecule has 0 bridgehead atoms. The molecule has 1 aromatic carbocycles. The van der Waals surface area contributed by atoms with E-state index >= 15 is 0 Å². The SMILES string of the molecule is CCOP(=O)(OCC)C(Cc1ccccc1)C(=O)OC(C)(C)C. The van der Waals surface area contributed by atoms with Crippen molar-refractivity contribution in [1.82, 2.24) is 0 Å².